The standard InChI is InChI=1S/C13H19NO2/c1-15-11-5-7-12(8-6-11)16-13-4-2-3-10(14)9-13/h5-8,10,13H,2-4,9,14H2,1H3. The largest absolute Gasteiger partial charge is 0.497 e. The fourth-order valence-electron chi connectivity index (χ4n) is 2.13. The van der Waals surface area contributed by atoms with E-state index in [4.69, 9.17) is 15.2 Å². The average Bonchev–Trinajstić information content (AvgIpc) is 2.30. The first-order valence-corrected chi connectivity index (χ1v) is 5.84. The van der Waals surface area contributed by atoms with Crippen molar-refractivity contribution in [1.82, 2.24) is 0 Å². The van der Waals surface area contributed by atoms with Crippen LogP contribution in [0.2, 0.25) is 0 Å². The van der Waals surface area contributed by atoms with Crippen LogP contribution in [0.25, 0.3) is 0 Å². The number of nitrogens with two attached hydrogens (primary N) is 1. The highest BCUT2D eigenvalue weighted by Crippen LogP contribution is 2.24. The molecular formula is C13H19NO2. The third kappa shape index (κ3) is 2.89. The molecule has 1 aliphatic carbocycles. The van der Waals surface area contributed by atoms with Crippen molar-refractivity contribution in [2.45, 2.75) is 37.8 Å². The Hall–Kier alpha value is -1.22. The number of rotatable bonds is 3. The van der Waals surface area contributed by atoms with Gasteiger partial charge in [0.15, 0.2) is 0 Å². The summed E-state index contributed by atoms with van der Waals surface area (Å²) < 4.78 is 11.0. The van der Waals surface area contributed by atoms with Gasteiger partial charge in [-0.3, -0.25) is 0 Å². The van der Waals surface area contributed by atoms with Crippen LogP contribution >= 0.6 is 0 Å². The van der Waals surface area contributed by atoms with Crippen molar-refractivity contribution >= 4 is 0 Å². The molecule has 0 aliphatic heterocycles. The second kappa shape index (κ2) is 5.21. The lowest BCUT2D eigenvalue weighted by atomic mass is 9.93. The van der Waals surface area contributed by atoms with E-state index in [1.807, 2.05) is 24.3 Å². The smallest absolute Gasteiger partial charge is 0.119 e. The zero-order valence-corrected chi connectivity index (χ0v) is 9.69. The molecular weight excluding hydrogens is 202 g/mol. The number of methoxy groups -OCH3 is 1. The molecule has 2 N–H and O–H groups in total. The van der Waals surface area contributed by atoms with Crippen LogP contribution in [-0.4, -0.2) is 19.3 Å². The molecule has 3 heteroatoms. The van der Waals surface area contributed by atoms with Gasteiger partial charge in [0.25, 0.3) is 0 Å². The van der Waals surface area contributed by atoms with E-state index in [0.717, 1.165) is 30.8 Å². The first kappa shape index (κ1) is 11.3. The summed E-state index contributed by atoms with van der Waals surface area (Å²) in [5.41, 5.74) is 5.92. The SMILES string of the molecule is COc1ccc(OC2CCCC(N)C2)cc1. The first-order valence-electron chi connectivity index (χ1n) is 5.84. The lowest BCUT2D eigenvalue weighted by Crippen LogP contribution is -2.33. The Balaban J connectivity index is 1.92. The maximum absolute atomic E-state index is 5.92. The lowest BCUT2D eigenvalue weighted by Gasteiger charge is -2.27. The maximum atomic E-state index is 5.92. The minimum atomic E-state index is 0.275. The highest BCUT2D eigenvalue weighted by Gasteiger charge is 2.20. The van der Waals surface area contributed by atoms with Crippen LogP contribution in [0.15, 0.2) is 24.3 Å². The van der Waals surface area contributed by atoms with E-state index in [9.17, 15) is 0 Å². The van der Waals surface area contributed by atoms with Gasteiger partial charge in [0.1, 0.15) is 17.6 Å². The summed E-state index contributed by atoms with van der Waals surface area (Å²) in [7, 11) is 1.66. The van der Waals surface area contributed by atoms with Gasteiger partial charge >= 0.3 is 0 Å². The number of hydrogen-bond donors (Lipinski definition) is 1. The molecule has 1 aliphatic rings. The van der Waals surface area contributed by atoms with E-state index in [1.54, 1.807) is 7.11 Å². The topological polar surface area (TPSA) is 44.5 Å². The van der Waals surface area contributed by atoms with E-state index in [-0.39, 0.29) is 6.10 Å². The minimum Gasteiger partial charge on any atom is -0.497 e. The maximum Gasteiger partial charge on any atom is 0.119 e. The van der Waals surface area contributed by atoms with Gasteiger partial charge in [-0.25, -0.2) is 0 Å². The predicted molar refractivity (Wildman–Crippen MR) is 63.9 cm³/mol. The van der Waals surface area contributed by atoms with Gasteiger partial charge in [-0.15, -0.1) is 0 Å². The van der Waals surface area contributed by atoms with E-state index in [2.05, 4.69) is 0 Å². The highest BCUT2D eigenvalue weighted by atomic mass is 16.5. The lowest BCUT2D eigenvalue weighted by molar-refractivity contribution is 0.144. The van der Waals surface area contributed by atoms with Crippen LogP contribution in [0, 0.1) is 0 Å². The Kier molecular flexibility index (Phi) is 3.67. The van der Waals surface area contributed by atoms with Crippen molar-refractivity contribution in [1.29, 1.82) is 0 Å². The number of benzene rings is 1. The monoisotopic (exact) mass is 221 g/mol. The molecule has 2 unspecified atom stereocenters. The summed E-state index contributed by atoms with van der Waals surface area (Å²) >= 11 is 0. The molecule has 1 fully saturated rings. The third-order valence-electron chi connectivity index (χ3n) is 3.03. The van der Waals surface area contributed by atoms with Crippen LogP contribution < -0.4 is 15.2 Å². The molecule has 0 spiro atoms. The van der Waals surface area contributed by atoms with Gasteiger partial charge in [-0.1, -0.05) is 0 Å². The minimum absolute atomic E-state index is 0.275. The van der Waals surface area contributed by atoms with Crippen LogP contribution in [0.3, 0.4) is 0 Å². The van der Waals surface area contributed by atoms with Crippen molar-refractivity contribution in [2.24, 2.45) is 5.73 Å². The first-order chi connectivity index (χ1) is 7.78. The van der Waals surface area contributed by atoms with Gasteiger partial charge in [0.05, 0.1) is 7.11 Å². The van der Waals surface area contributed by atoms with Gasteiger partial charge in [0, 0.05) is 6.04 Å². The number of ether oxygens (including phenoxy) is 2. The summed E-state index contributed by atoms with van der Waals surface area (Å²) in [5.74, 6) is 1.76. The average molecular weight is 221 g/mol. The summed E-state index contributed by atoms with van der Waals surface area (Å²) in [4.78, 5) is 0. The molecule has 88 valence electrons. The molecule has 0 bridgehead atoms. The predicted octanol–water partition coefficient (Wildman–Crippen LogP) is 2.34. The summed E-state index contributed by atoms with van der Waals surface area (Å²) in [6.45, 7) is 0. The molecule has 0 amide bonds. The van der Waals surface area contributed by atoms with Crippen LogP contribution in [0.4, 0.5) is 0 Å². The molecule has 16 heavy (non-hydrogen) atoms. The highest BCUT2D eigenvalue weighted by molar-refractivity contribution is 5.31. The van der Waals surface area contributed by atoms with E-state index >= 15 is 0 Å². The molecule has 3 nitrogen and oxygen atoms in total. The Morgan fingerprint density at radius 3 is 2.44 bits per heavy atom. The molecule has 1 aromatic rings. The summed E-state index contributed by atoms with van der Waals surface area (Å²) in [6, 6.07) is 8.02. The molecule has 1 saturated carbocycles. The normalized spacial score (nSPS) is 25.1. The molecule has 1 aromatic carbocycles. The van der Waals surface area contributed by atoms with Gasteiger partial charge in [-0.2, -0.15) is 0 Å². The van der Waals surface area contributed by atoms with Crippen LogP contribution in [0.1, 0.15) is 25.7 Å². The van der Waals surface area contributed by atoms with Crippen molar-refractivity contribution in [3.05, 3.63) is 24.3 Å². The van der Waals surface area contributed by atoms with E-state index in [0.29, 0.717) is 6.04 Å². The van der Waals surface area contributed by atoms with Gasteiger partial charge in [0.2, 0.25) is 0 Å². The van der Waals surface area contributed by atoms with E-state index in [1.165, 1.54) is 6.42 Å². The Labute approximate surface area is 96.5 Å². The Morgan fingerprint density at radius 1 is 1.12 bits per heavy atom. The van der Waals surface area contributed by atoms with Crippen molar-refractivity contribution in [2.75, 3.05) is 7.11 Å². The molecule has 0 radical (unpaired) electrons. The zero-order valence-electron chi connectivity index (χ0n) is 9.69. The van der Waals surface area contributed by atoms with Gasteiger partial charge in [-0.05, 0) is 49.9 Å². The van der Waals surface area contributed by atoms with Crippen molar-refractivity contribution in [3.63, 3.8) is 0 Å². The van der Waals surface area contributed by atoms with Crippen LogP contribution in [-0.2, 0) is 0 Å². The van der Waals surface area contributed by atoms with Gasteiger partial charge < -0.3 is 15.2 Å². The second-order valence-electron chi connectivity index (χ2n) is 4.34. The van der Waals surface area contributed by atoms with E-state index < -0.39 is 0 Å². The molecule has 0 saturated heterocycles. The summed E-state index contributed by atoms with van der Waals surface area (Å²) in [6.07, 6.45) is 4.65. The second-order valence-corrected chi connectivity index (χ2v) is 4.34. The number of hydrogen-bond acceptors (Lipinski definition) is 3. The zero-order chi connectivity index (χ0) is 11.4. The fourth-order valence-corrected chi connectivity index (χ4v) is 2.13. The summed E-state index contributed by atoms with van der Waals surface area (Å²) in [5, 5.41) is 0. The van der Waals surface area contributed by atoms with Crippen molar-refractivity contribution < 1.29 is 9.47 Å². The fraction of sp³-hybridized carbons (Fsp3) is 0.538. The van der Waals surface area contributed by atoms with Crippen molar-refractivity contribution in [3.8, 4) is 11.5 Å². The quantitative estimate of drug-likeness (QED) is 0.852. The molecule has 0 aromatic heterocycles. The molecule has 0 heterocycles. The Bertz CT molecular complexity index is 323. The van der Waals surface area contributed by atoms with Crippen LogP contribution in [0.5, 0.6) is 11.5 Å². The molecule has 2 atom stereocenters. The molecule has 2 rings (SSSR count). The Morgan fingerprint density at radius 2 is 1.81 bits per heavy atom. The third-order valence-corrected chi connectivity index (χ3v) is 3.03.